The molecule has 4 rings (SSSR count). The molecule has 10 nitrogen and oxygen atoms in total. The second-order valence-electron chi connectivity index (χ2n) is 8.69. The van der Waals surface area contributed by atoms with Gasteiger partial charge in [0, 0.05) is 24.4 Å². The number of thiophene rings is 1. The van der Waals surface area contributed by atoms with Gasteiger partial charge in [-0.3, -0.25) is 0 Å². The van der Waals surface area contributed by atoms with E-state index >= 15 is 0 Å². The van der Waals surface area contributed by atoms with Gasteiger partial charge in [-0.05, 0) is 32.5 Å². The van der Waals surface area contributed by atoms with Gasteiger partial charge in [-0.15, -0.1) is 11.3 Å². The molecule has 2 saturated heterocycles. The van der Waals surface area contributed by atoms with E-state index in [0.29, 0.717) is 6.54 Å². The highest BCUT2D eigenvalue weighted by Crippen LogP contribution is 2.46. The molecule has 11 heteroatoms. The minimum absolute atomic E-state index is 0.0425. The smallest absolute Gasteiger partial charge is 0.249 e. The number of hydrogen-bond donors (Lipinski definition) is 7. The van der Waals surface area contributed by atoms with Gasteiger partial charge in [0.1, 0.15) is 23.9 Å². The Balaban J connectivity index is 1.58. The lowest BCUT2D eigenvalue weighted by atomic mass is 9.77. The Morgan fingerprint density at radius 2 is 1.84 bits per heavy atom. The second kappa shape index (κ2) is 8.92. The van der Waals surface area contributed by atoms with Crippen LogP contribution in [-0.4, -0.2) is 101 Å². The van der Waals surface area contributed by atoms with Crippen LogP contribution in [0.15, 0.2) is 17.5 Å². The average Bonchev–Trinajstić information content (AvgIpc) is 3.22. The van der Waals surface area contributed by atoms with E-state index in [1.807, 2.05) is 17.5 Å². The summed E-state index contributed by atoms with van der Waals surface area (Å²) >= 11 is 1.59. The quantitative estimate of drug-likeness (QED) is 0.257. The van der Waals surface area contributed by atoms with Crippen LogP contribution in [-0.2, 0) is 20.8 Å². The molecule has 0 radical (unpaired) electrons. The number of nitrogens with one attached hydrogen (secondary N) is 3. The molecule has 0 spiro atoms. The predicted molar refractivity (Wildman–Crippen MR) is 112 cm³/mol. The van der Waals surface area contributed by atoms with Crippen LogP contribution in [0.5, 0.6) is 0 Å². The highest BCUT2D eigenvalue weighted by molar-refractivity contribution is 7.09. The van der Waals surface area contributed by atoms with Crippen molar-refractivity contribution in [2.75, 3.05) is 20.6 Å². The summed E-state index contributed by atoms with van der Waals surface area (Å²) in [7, 11) is 3.30. The van der Waals surface area contributed by atoms with Gasteiger partial charge in [0.2, 0.25) is 12.1 Å². The molecular weight excluding hydrogens is 426 g/mol. The molecule has 31 heavy (non-hydrogen) atoms. The minimum atomic E-state index is -2.19. The number of aliphatic hydroxyl groups excluding tert-OH is 2. The van der Waals surface area contributed by atoms with Gasteiger partial charge < -0.3 is 50.6 Å². The third-order valence-corrected chi connectivity index (χ3v) is 7.52. The molecule has 2 aliphatic heterocycles. The minimum Gasteiger partial charge on any atom is -0.390 e. The molecule has 3 aliphatic rings. The molecule has 0 amide bonds. The molecule has 1 aromatic rings. The summed E-state index contributed by atoms with van der Waals surface area (Å²) in [6, 6.07) is 2.61. The number of likely N-dealkylation sites (N-methyl/N-ethyl adjacent to an activating group) is 2. The summed E-state index contributed by atoms with van der Waals surface area (Å²) in [5.41, 5.74) is -1.72. The van der Waals surface area contributed by atoms with E-state index in [0.717, 1.165) is 4.88 Å². The lowest BCUT2D eigenvalue weighted by Gasteiger charge is -2.60. The maximum atomic E-state index is 11.6. The van der Waals surface area contributed by atoms with Gasteiger partial charge in [-0.25, -0.2) is 0 Å². The predicted octanol–water partition coefficient (Wildman–Crippen LogP) is -1.91. The van der Waals surface area contributed by atoms with Crippen molar-refractivity contribution in [2.45, 2.75) is 80.2 Å². The fourth-order valence-corrected chi connectivity index (χ4v) is 5.71. The summed E-state index contributed by atoms with van der Waals surface area (Å²) in [4.78, 5) is 1.10. The first-order valence-corrected chi connectivity index (χ1v) is 11.5. The van der Waals surface area contributed by atoms with Gasteiger partial charge in [0.25, 0.3) is 0 Å². The summed E-state index contributed by atoms with van der Waals surface area (Å²) in [5.74, 6) is -2.19. The largest absolute Gasteiger partial charge is 0.390 e. The third kappa shape index (κ3) is 3.96. The number of rotatable bonds is 6. The molecule has 3 fully saturated rings. The highest BCUT2D eigenvalue weighted by atomic mass is 32.1. The Labute approximate surface area is 185 Å². The fourth-order valence-electron chi connectivity index (χ4n) is 5.03. The summed E-state index contributed by atoms with van der Waals surface area (Å²) in [6.45, 7) is 2.36. The Morgan fingerprint density at radius 3 is 2.48 bits per heavy atom. The summed E-state index contributed by atoms with van der Waals surface area (Å²) in [5, 5.41) is 55.7. The Kier molecular flexibility index (Phi) is 6.75. The summed E-state index contributed by atoms with van der Waals surface area (Å²) < 4.78 is 17.9. The van der Waals surface area contributed by atoms with Gasteiger partial charge in [0.05, 0.1) is 24.3 Å². The molecule has 176 valence electrons. The first-order chi connectivity index (χ1) is 14.7. The fraction of sp³-hybridized carbons (Fsp3) is 0.800. The van der Waals surface area contributed by atoms with Gasteiger partial charge >= 0.3 is 0 Å². The molecule has 10 atom stereocenters. The van der Waals surface area contributed by atoms with E-state index in [1.165, 1.54) is 0 Å². The van der Waals surface area contributed by atoms with Crippen LogP contribution in [0, 0.1) is 0 Å². The second-order valence-corrected chi connectivity index (χ2v) is 9.72. The molecule has 7 N–H and O–H groups in total. The number of aliphatic hydroxyl groups is 4. The van der Waals surface area contributed by atoms with Crippen LogP contribution in [0.4, 0.5) is 0 Å². The van der Waals surface area contributed by atoms with Crippen molar-refractivity contribution in [2.24, 2.45) is 0 Å². The van der Waals surface area contributed by atoms with E-state index in [2.05, 4.69) is 16.0 Å². The van der Waals surface area contributed by atoms with E-state index in [9.17, 15) is 20.4 Å². The molecule has 2 unspecified atom stereocenters. The monoisotopic (exact) mass is 459 g/mol. The highest BCUT2D eigenvalue weighted by Gasteiger charge is 2.68. The molecule has 3 heterocycles. The first-order valence-electron chi connectivity index (χ1n) is 10.6. The molecule has 1 aliphatic carbocycles. The normalized spacial score (nSPS) is 47.6. The van der Waals surface area contributed by atoms with E-state index in [1.54, 1.807) is 32.4 Å². The Morgan fingerprint density at radius 1 is 1.10 bits per heavy atom. The zero-order valence-corrected chi connectivity index (χ0v) is 18.7. The number of hydrogen-bond acceptors (Lipinski definition) is 11. The molecule has 1 saturated carbocycles. The van der Waals surface area contributed by atoms with Gasteiger partial charge in [0.15, 0.2) is 0 Å². The molecular formula is C20H33N3O7S. The lowest BCUT2D eigenvalue weighted by Crippen LogP contribution is -2.81. The number of fused-ring (bicyclic) bond motifs is 2. The standard InChI is InChI=1S/C20H33N3O7S/c1-10-7-19(26,9-23-8-11-5-4-6-31-11)20(27)18(28-10)29-17-15(25)12(21-2)14(24)13(22-3)16(17)30-20/h4-6,10,12-18,21-27H,7-9H2,1-3H3/t10-,12-,13+,14+,15+,16-,17?,18?,19-,20-/m1/s1. The van der Waals surface area contributed by atoms with Crippen molar-refractivity contribution in [3.05, 3.63) is 22.4 Å². The Hall–Kier alpha value is -0.700. The topological polar surface area (TPSA) is 145 Å². The van der Waals surface area contributed by atoms with E-state index < -0.39 is 60.3 Å². The first kappa shape index (κ1) is 23.5. The Bertz CT molecular complexity index is 742. The van der Waals surface area contributed by atoms with Crippen LogP contribution < -0.4 is 16.0 Å². The van der Waals surface area contributed by atoms with Crippen molar-refractivity contribution in [3.63, 3.8) is 0 Å². The molecule has 1 aromatic heterocycles. The molecule has 0 bridgehead atoms. The van der Waals surface area contributed by atoms with Crippen molar-refractivity contribution < 1.29 is 34.6 Å². The summed E-state index contributed by atoms with van der Waals surface area (Å²) in [6.07, 6.45) is -5.50. The van der Waals surface area contributed by atoms with Crippen LogP contribution in [0.2, 0.25) is 0 Å². The lowest BCUT2D eigenvalue weighted by molar-refractivity contribution is -0.482. The van der Waals surface area contributed by atoms with Crippen LogP contribution in [0.3, 0.4) is 0 Å². The van der Waals surface area contributed by atoms with Crippen molar-refractivity contribution >= 4 is 11.3 Å². The van der Waals surface area contributed by atoms with Crippen LogP contribution in [0.25, 0.3) is 0 Å². The maximum absolute atomic E-state index is 11.6. The van der Waals surface area contributed by atoms with Crippen LogP contribution in [0.1, 0.15) is 18.2 Å². The zero-order chi connectivity index (χ0) is 22.4. The maximum Gasteiger partial charge on any atom is 0.249 e. The number of ether oxygens (including phenoxy) is 3. The van der Waals surface area contributed by atoms with E-state index in [-0.39, 0.29) is 13.0 Å². The van der Waals surface area contributed by atoms with Crippen LogP contribution >= 0.6 is 11.3 Å². The average molecular weight is 460 g/mol. The molecule has 0 aromatic carbocycles. The van der Waals surface area contributed by atoms with Gasteiger partial charge in [-0.2, -0.15) is 0 Å². The zero-order valence-electron chi connectivity index (χ0n) is 17.9. The van der Waals surface area contributed by atoms with Crippen molar-refractivity contribution in [1.82, 2.24) is 16.0 Å². The van der Waals surface area contributed by atoms with Crippen molar-refractivity contribution in [3.8, 4) is 0 Å². The third-order valence-electron chi connectivity index (χ3n) is 6.65. The van der Waals surface area contributed by atoms with Crippen molar-refractivity contribution in [1.29, 1.82) is 0 Å². The SMILES string of the molecule is CN[C@@H]1[C@H](O)[C@H](NC)[C@H]2O[C@]3(O)C(OC2[C@H]1O)O[C@H](C)C[C@@]3(O)CNCc1cccs1. The van der Waals surface area contributed by atoms with Gasteiger partial charge in [-0.1, -0.05) is 6.07 Å². The van der Waals surface area contributed by atoms with E-state index in [4.69, 9.17) is 14.2 Å².